The molecule has 0 aromatic heterocycles. The van der Waals surface area contributed by atoms with Crippen molar-refractivity contribution in [3.05, 3.63) is 35.9 Å². The molecule has 0 radical (unpaired) electrons. The molecule has 1 rings (SSSR count). The van der Waals surface area contributed by atoms with Crippen molar-refractivity contribution in [2.24, 2.45) is 0 Å². The van der Waals surface area contributed by atoms with E-state index >= 15 is 0 Å². The molecule has 1 aromatic carbocycles. The molecule has 0 amide bonds. The van der Waals surface area contributed by atoms with Crippen molar-refractivity contribution in [3.63, 3.8) is 0 Å². The van der Waals surface area contributed by atoms with Crippen molar-refractivity contribution in [2.75, 3.05) is 18.9 Å². The molecule has 0 bridgehead atoms. The van der Waals surface area contributed by atoms with Gasteiger partial charge in [-0.3, -0.25) is 0 Å². The van der Waals surface area contributed by atoms with Crippen LogP contribution in [0.3, 0.4) is 0 Å². The van der Waals surface area contributed by atoms with E-state index in [1.54, 1.807) is 0 Å². The van der Waals surface area contributed by atoms with E-state index in [0.717, 1.165) is 43.7 Å². The Morgan fingerprint density at radius 3 is 2.55 bits per heavy atom. The largest absolute Gasteiger partial charge is 0.394 e. The first-order valence-corrected chi connectivity index (χ1v) is 8.89. The standard InChI is InChI=1S/C17H29NOS/c1-3-12-18-17(4-2,15-19)11-8-13-20-14-16-9-6-5-7-10-16/h5-7,9-10,18-19H,3-4,8,11-15H2,1-2H3. The number of benzene rings is 1. The molecular weight excluding hydrogens is 266 g/mol. The summed E-state index contributed by atoms with van der Waals surface area (Å²) in [6, 6.07) is 10.6. The van der Waals surface area contributed by atoms with E-state index < -0.39 is 0 Å². The Balaban J connectivity index is 2.23. The van der Waals surface area contributed by atoms with E-state index in [1.165, 1.54) is 5.56 Å². The van der Waals surface area contributed by atoms with Crippen molar-refractivity contribution in [1.29, 1.82) is 0 Å². The van der Waals surface area contributed by atoms with Crippen molar-refractivity contribution < 1.29 is 5.11 Å². The lowest BCUT2D eigenvalue weighted by Crippen LogP contribution is -2.48. The molecule has 20 heavy (non-hydrogen) atoms. The quantitative estimate of drug-likeness (QED) is 0.608. The Hall–Kier alpha value is -0.510. The van der Waals surface area contributed by atoms with Crippen LogP contribution in [0.2, 0.25) is 0 Å². The molecule has 3 heteroatoms. The van der Waals surface area contributed by atoms with Crippen molar-refractivity contribution in [1.82, 2.24) is 5.32 Å². The summed E-state index contributed by atoms with van der Waals surface area (Å²) >= 11 is 1.98. The molecule has 2 nitrogen and oxygen atoms in total. The summed E-state index contributed by atoms with van der Waals surface area (Å²) in [7, 11) is 0. The highest BCUT2D eigenvalue weighted by atomic mass is 32.2. The first-order valence-electron chi connectivity index (χ1n) is 7.74. The number of hydrogen-bond acceptors (Lipinski definition) is 3. The van der Waals surface area contributed by atoms with Crippen LogP contribution >= 0.6 is 11.8 Å². The predicted molar refractivity (Wildman–Crippen MR) is 90.2 cm³/mol. The van der Waals surface area contributed by atoms with Crippen LogP contribution < -0.4 is 5.32 Å². The molecule has 1 unspecified atom stereocenters. The van der Waals surface area contributed by atoms with Crippen molar-refractivity contribution in [2.45, 2.75) is 50.8 Å². The van der Waals surface area contributed by atoms with Gasteiger partial charge in [-0.1, -0.05) is 44.2 Å². The van der Waals surface area contributed by atoms with Crippen molar-refractivity contribution in [3.8, 4) is 0 Å². The Labute approximate surface area is 128 Å². The first-order chi connectivity index (χ1) is 9.76. The number of aliphatic hydroxyl groups is 1. The topological polar surface area (TPSA) is 32.3 Å². The lowest BCUT2D eigenvalue weighted by molar-refractivity contribution is 0.146. The Morgan fingerprint density at radius 1 is 1.20 bits per heavy atom. The molecule has 0 spiro atoms. The van der Waals surface area contributed by atoms with E-state index in [2.05, 4.69) is 49.5 Å². The average molecular weight is 295 g/mol. The number of hydrogen-bond donors (Lipinski definition) is 2. The van der Waals surface area contributed by atoms with Gasteiger partial charge in [0.25, 0.3) is 0 Å². The van der Waals surface area contributed by atoms with Crippen LogP contribution in [0.1, 0.15) is 45.1 Å². The second-order valence-electron chi connectivity index (χ2n) is 5.36. The van der Waals surface area contributed by atoms with Gasteiger partial charge >= 0.3 is 0 Å². The number of rotatable bonds is 11. The maximum absolute atomic E-state index is 9.67. The summed E-state index contributed by atoms with van der Waals surface area (Å²) < 4.78 is 0. The second-order valence-corrected chi connectivity index (χ2v) is 6.47. The summed E-state index contributed by atoms with van der Waals surface area (Å²) in [6.45, 7) is 5.56. The Morgan fingerprint density at radius 2 is 1.95 bits per heavy atom. The van der Waals surface area contributed by atoms with Gasteiger partial charge in [0.15, 0.2) is 0 Å². The third-order valence-electron chi connectivity index (χ3n) is 3.78. The summed E-state index contributed by atoms with van der Waals surface area (Å²) in [5.41, 5.74) is 1.33. The summed E-state index contributed by atoms with van der Waals surface area (Å²) in [5, 5.41) is 13.2. The molecule has 0 saturated heterocycles. The lowest BCUT2D eigenvalue weighted by atomic mass is 9.91. The van der Waals surface area contributed by atoms with Gasteiger partial charge in [0, 0.05) is 11.3 Å². The summed E-state index contributed by atoms with van der Waals surface area (Å²) in [5.74, 6) is 2.24. The van der Waals surface area contributed by atoms with E-state index in [9.17, 15) is 5.11 Å². The SMILES string of the molecule is CCCNC(CC)(CO)CCCSCc1ccccc1. The fourth-order valence-electron chi connectivity index (χ4n) is 2.30. The maximum atomic E-state index is 9.67. The zero-order valence-electron chi connectivity index (χ0n) is 12.9. The molecule has 0 heterocycles. The molecule has 1 aromatic rings. The van der Waals surface area contributed by atoms with E-state index in [4.69, 9.17) is 0 Å². The van der Waals surface area contributed by atoms with Gasteiger partial charge in [-0.25, -0.2) is 0 Å². The molecule has 0 aliphatic carbocycles. The molecule has 0 fully saturated rings. The third-order valence-corrected chi connectivity index (χ3v) is 4.90. The van der Waals surface area contributed by atoms with Crippen LogP contribution in [0.15, 0.2) is 30.3 Å². The molecular formula is C17H29NOS. The summed E-state index contributed by atoms with van der Waals surface area (Å²) in [4.78, 5) is 0. The minimum atomic E-state index is -0.0662. The van der Waals surface area contributed by atoms with Gasteiger partial charge in [-0.05, 0) is 43.5 Å². The van der Waals surface area contributed by atoms with Crippen LogP contribution in [-0.4, -0.2) is 29.5 Å². The molecule has 0 saturated carbocycles. The Kier molecular flexibility index (Phi) is 8.99. The highest BCUT2D eigenvalue weighted by Gasteiger charge is 2.25. The van der Waals surface area contributed by atoms with Gasteiger partial charge in [-0.2, -0.15) is 11.8 Å². The minimum absolute atomic E-state index is 0.0662. The third kappa shape index (κ3) is 6.29. The van der Waals surface area contributed by atoms with Crippen LogP contribution in [0.5, 0.6) is 0 Å². The number of nitrogens with one attached hydrogen (secondary N) is 1. The molecule has 1 atom stereocenters. The van der Waals surface area contributed by atoms with Crippen LogP contribution in [-0.2, 0) is 5.75 Å². The van der Waals surface area contributed by atoms with E-state index in [0.29, 0.717) is 0 Å². The molecule has 2 N–H and O–H groups in total. The minimum Gasteiger partial charge on any atom is -0.394 e. The number of thioether (sulfide) groups is 1. The smallest absolute Gasteiger partial charge is 0.0613 e. The number of aliphatic hydroxyl groups excluding tert-OH is 1. The average Bonchev–Trinajstić information content (AvgIpc) is 2.51. The Bertz CT molecular complexity index is 338. The van der Waals surface area contributed by atoms with Gasteiger partial charge < -0.3 is 10.4 Å². The van der Waals surface area contributed by atoms with Crippen LogP contribution in [0.25, 0.3) is 0 Å². The fraction of sp³-hybridized carbons (Fsp3) is 0.647. The van der Waals surface area contributed by atoms with Crippen molar-refractivity contribution >= 4 is 11.8 Å². The zero-order valence-corrected chi connectivity index (χ0v) is 13.7. The molecule has 0 aliphatic rings. The normalized spacial score (nSPS) is 14.2. The van der Waals surface area contributed by atoms with E-state index in [1.807, 2.05) is 11.8 Å². The van der Waals surface area contributed by atoms with Crippen LogP contribution in [0, 0.1) is 0 Å². The summed E-state index contributed by atoms with van der Waals surface area (Å²) in [6.07, 6.45) is 4.32. The fourth-order valence-corrected chi connectivity index (χ4v) is 3.22. The first kappa shape index (κ1) is 17.5. The molecule has 0 aliphatic heterocycles. The van der Waals surface area contributed by atoms with Gasteiger partial charge in [0.05, 0.1) is 6.61 Å². The van der Waals surface area contributed by atoms with E-state index in [-0.39, 0.29) is 12.1 Å². The second kappa shape index (κ2) is 10.3. The van der Waals surface area contributed by atoms with Gasteiger partial charge in [0.1, 0.15) is 0 Å². The molecule has 114 valence electrons. The monoisotopic (exact) mass is 295 g/mol. The van der Waals surface area contributed by atoms with Crippen LogP contribution in [0.4, 0.5) is 0 Å². The van der Waals surface area contributed by atoms with Gasteiger partial charge in [0.2, 0.25) is 0 Å². The predicted octanol–water partition coefficient (Wildman–Crippen LogP) is 3.84. The zero-order chi connectivity index (χ0) is 14.7. The highest BCUT2D eigenvalue weighted by molar-refractivity contribution is 7.98. The van der Waals surface area contributed by atoms with Gasteiger partial charge in [-0.15, -0.1) is 0 Å². The highest BCUT2D eigenvalue weighted by Crippen LogP contribution is 2.20. The maximum Gasteiger partial charge on any atom is 0.0613 e. The lowest BCUT2D eigenvalue weighted by Gasteiger charge is -2.32.